The number of hydrogen-bond acceptors (Lipinski definition) is 2. The minimum Gasteiger partial charge on any atom is -0.379 e. The van der Waals surface area contributed by atoms with E-state index in [4.69, 9.17) is 10.5 Å². The highest BCUT2D eigenvalue weighted by atomic mass is 16.5. The van der Waals surface area contributed by atoms with Crippen molar-refractivity contribution in [2.75, 3.05) is 6.61 Å². The van der Waals surface area contributed by atoms with E-state index in [-0.39, 0.29) is 0 Å². The Morgan fingerprint density at radius 1 is 1.15 bits per heavy atom. The summed E-state index contributed by atoms with van der Waals surface area (Å²) in [5, 5.41) is 0. The van der Waals surface area contributed by atoms with E-state index < -0.39 is 0 Å². The van der Waals surface area contributed by atoms with Crippen LogP contribution in [0.15, 0.2) is 0 Å². The van der Waals surface area contributed by atoms with E-state index >= 15 is 0 Å². The second-order valence-electron chi connectivity index (χ2n) is 4.45. The van der Waals surface area contributed by atoms with Crippen molar-refractivity contribution in [2.45, 2.75) is 59.1 Å². The molecule has 2 N–H and O–H groups in total. The summed E-state index contributed by atoms with van der Waals surface area (Å²) < 4.78 is 5.44. The summed E-state index contributed by atoms with van der Waals surface area (Å²) in [7, 11) is 0. The number of rotatable bonds is 7. The Bertz CT molecular complexity index is 113. The lowest BCUT2D eigenvalue weighted by atomic mass is 10.0. The molecule has 0 aliphatic rings. The molecule has 0 heterocycles. The molecular weight excluding hydrogens is 162 g/mol. The summed E-state index contributed by atoms with van der Waals surface area (Å²) in [6.45, 7) is 9.40. The van der Waals surface area contributed by atoms with Crippen LogP contribution in [-0.4, -0.2) is 18.8 Å². The van der Waals surface area contributed by atoms with E-state index in [1.165, 1.54) is 0 Å². The van der Waals surface area contributed by atoms with Gasteiger partial charge < -0.3 is 10.5 Å². The molecule has 0 amide bonds. The average molecular weight is 187 g/mol. The molecule has 13 heavy (non-hydrogen) atoms. The molecule has 0 bridgehead atoms. The molecule has 0 rings (SSSR count). The third kappa shape index (κ3) is 9.84. The van der Waals surface area contributed by atoms with Crippen LogP contribution in [0.2, 0.25) is 0 Å². The highest BCUT2D eigenvalue weighted by molar-refractivity contribution is 4.63. The maximum absolute atomic E-state index is 5.94. The lowest BCUT2D eigenvalue weighted by Crippen LogP contribution is -2.22. The van der Waals surface area contributed by atoms with Crippen molar-refractivity contribution in [1.82, 2.24) is 0 Å². The molecule has 1 unspecified atom stereocenters. The van der Waals surface area contributed by atoms with Crippen LogP contribution in [0.25, 0.3) is 0 Å². The molecular formula is C11H25NO. The van der Waals surface area contributed by atoms with Crippen LogP contribution < -0.4 is 5.73 Å². The van der Waals surface area contributed by atoms with E-state index in [2.05, 4.69) is 27.7 Å². The summed E-state index contributed by atoms with van der Waals surface area (Å²) in [4.78, 5) is 0. The Labute approximate surface area is 82.8 Å². The molecule has 0 aromatic heterocycles. The first-order chi connectivity index (χ1) is 6.02. The van der Waals surface area contributed by atoms with Crippen LogP contribution >= 0.6 is 0 Å². The smallest absolute Gasteiger partial charge is 0.0518 e. The van der Waals surface area contributed by atoms with E-state index in [0.717, 1.165) is 25.9 Å². The van der Waals surface area contributed by atoms with Crippen LogP contribution in [0.3, 0.4) is 0 Å². The lowest BCUT2D eigenvalue weighted by Gasteiger charge is -2.14. The molecule has 0 aromatic rings. The molecule has 0 aliphatic carbocycles. The first kappa shape index (κ1) is 12.9. The van der Waals surface area contributed by atoms with Gasteiger partial charge in [-0.2, -0.15) is 0 Å². The Morgan fingerprint density at radius 3 is 2.23 bits per heavy atom. The van der Waals surface area contributed by atoms with Gasteiger partial charge >= 0.3 is 0 Å². The molecule has 80 valence electrons. The second kappa shape index (κ2) is 7.34. The van der Waals surface area contributed by atoms with Gasteiger partial charge in [-0.3, -0.25) is 0 Å². The summed E-state index contributed by atoms with van der Waals surface area (Å²) in [6, 6.07) is 0.357. The number of nitrogens with two attached hydrogens (primary N) is 1. The van der Waals surface area contributed by atoms with Crippen molar-refractivity contribution in [3.63, 3.8) is 0 Å². The molecule has 0 aromatic carbocycles. The van der Waals surface area contributed by atoms with Gasteiger partial charge in [-0.05, 0) is 39.0 Å². The monoisotopic (exact) mass is 187 g/mol. The third-order valence-electron chi connectivity index (χ3n) is 1.94. The zero-order valence-corrected chi connectivity index (χ0v) is 9.55. The summed E-state index contributed by atoms with van der Waals surface area (Å²) in [5.41, 5.74) is 5.94. The predicted molar refractivity (Wildman–Crippen MR) is 57.8 cm³/mol. The van der Waals surface area contributed by atoms with E-state index in [1.54, 1.807) is 0 Å². The zero-order chi connectivity index (χ0) is 10.3. The number of hydrogen-bond donors (Lipinski definition) is 1. The largest absolute Gasteiger partial charge is 0.379 e. The van der Waals surface area contributed by atoms with E-state index in [9.17, 15) is 0 Å². The SMILES string of the molecule is CC(C)CC(N)CCCOC(C)C. The quantitative estimate of drug-likeness (QED) is 0.622. The van der Waals surface area contributed by atoms with Gasteiger partial charge in [0.05, 0.1) is 6.10 Å². The zero-order valence-electron chi connectivity index (χ0n) is 9.55. The van der Waals surface area contributed by atoms with Crippen LogP contribution in [0.1, 0.15) is 47.0 Å². The molecule has 0 aliphatic heterocycles. The summed E-state index contributed by atoms with van der Waals surface area (Å²) in [6.07, 6.45) is 3.65. The normalized spacial score (nSPS) is 14.1. The van der Waals surface area contributed by atoms with E-state index in [1.807, 2.05) is 0 Å². The summed E-state index contributed by atoms with van der Waals surface area (Å²) in [5.74, 6) is 0.709. The van der Waals surface area contributed by atoms with Crippen molar-refractivity contribution in [1.29, 1.82) is 0 Å². The maximum Gasteiger partial charge on any atom is 0.0518 e. The van der Waals surface area contributed by atoms with E-state index in [0.29, 0.717) is 18.1 Å². The Morgan fingerprint density at radius 2 is 1.77 bits per heavy atom. The maximum atomic E-state index is 5.94. The fourth-order valence-corrected chi connectivity index (χ4v) is 1.39. The van der Waals surface area contributed by atoms with Crippen LogP contribution in [-0.2, 0) is 4.74 Å². The Balaban J connectivity index is 3.22. The molecule has 1 atom stereocenters. The van der Waals surface area contributed by atoms with Gasteiger partial charge in [0.1, 0.15) is 0 Å². The van der Waals surface area contributed by atoms with Gasteiger partial charge in [0.15, 0.2) is 0 Å². The summed E-state index contributed by atoms with van der Waals surface area (Å²) >= 11 is 0. The molecule has 0 saturated heterocycles. The first-order valence-electron chi connectivity index (χ1n) is 5.39. The topological polar surface area (TPSA) is 35.2 Å². The standard InChI is InChI=1S/C11H25NO/c1-9(2)8-11(12)6-5-7-13-10(3)4/h9-11H,5-8,12H2,1-4H3. The predicted octanol–water partition coefficient (Wildman–Crippen LogP) is 2.57. The molecule has 0 saturated carbocycles. The second-order valence-corrected chi connectivity index (χ2v) is 4.45. The molecule has 0 spiro atoms. The van der Waals surface area contributed by atoms with Crippen LogP contribution in [0.5, 0.6) is 0 Å². The molecule has 0 radical (unpaired) electrons. The van der Waals surface area contributed by atoms with Crippen molar-refractivity contribution in [2.24, 2.45) is 11.7 Å². The fourth-order valence-electron chi connectivity index (χ4n) is 1.39. The molecule has 0 fully saturated rings. The highest BCUT2D eigenvalue weighted by Gasteiger charge is 2.04. The minimum absolute atomic E-state index is 0.348. The minimum atomic E-state index is 0.348. The Kier molecular flexibility index (Phi) is 7.29. The van der Waals surface area contributed by atoms with Gasteiger partial charge in [-0.25, -0.2) is 0 Å². The van der Waals surface area contributed by atoms with Crippen LogP contribution in [0, 0.1) is 5.92 Å². The molecule has 2 nitrogen and oxygen atoms in total. The average Bonchev–Trinajstić information content (AvgIpc) is 1.96. The van der Waals surface area contributed by atoms with Crippen molar-refractivity contribution in [3.8, 4) is 0 Å². The third-order valence-corrected chi connectivity index (χ3v) is 1.94. The van der Waals surface area contributed by atoms with Crippen LogP contribution in [0.4, 0.5) is 0 Å². The van der Waals surface area contributed by atoms with Gasteiger partial charge in [0.2, 0.25) is 0 Å². The molecule has 2 heteroatoms. The van der Waals surface area contributed by atoms with Crippen molar-refractivity contribution in [3.05, 3.63) is 0 Å². The highest BCUT2D eigenvalue weighted by Crippen LogP contribution is 2.07. The van der Waals surface area contributed by atoms with Crippen molar-refractivity contribution >= 4 is 0 Å². The van der Waals surface area contributed by atoms with Gasteiger partial charge in [0, 0.05) is 12.6 Å². The van der Waals surface area contributed by atoms with Gasteiger partial charge in [-0.1, -0.05) is 13.8 Å². The number of ether oxygens (including phenoxy) is 1. The van der Waals surface area contributed by atoms with Crippen molar-refractivity contribution < 1.29 is 4.74 Å². The van der Waals surface area contributed by atoms with Gasteiger partial charge in [0.25, 0.3) is 0 Å². The lowest BCUT2D eigenvalue weighted by molar-refractivity contribution is 0.0747. The fraction of sp³-hybridized carbons (Fsp3) is 1.00. The first-order valence-corrected chi connectivity index (χ1v) is 5.39. The Hall–Kier alpha value is -0.0800. The van der Waals surface area contributed by atoms with Gasteiger partial charge in [-0.15, -0.1) is 0 Å².